The smallest absolute Gasteiger partial charge is 0.293 e. The summed E-state index contributed by atoms with van der Waals surface area (Å²) in [5.74, 6) is -1.79. The molecular weight excluding hydrogens is 442 g/mol. The lowest BCUT2D eigenvalue weighted by molar-refractivity contribution is -0.122. The van der Waals surface area contributed by atoms with Gasteiger partial charge in [-0.1, -0.05) is 36.4 Å². The number of rotatable bonds is 7. The van der Waals surface area contributed by atoms with Crippen molar-refractivity contribution >= 4 is 46.7 Å². The third kappa shape index (κ3) is 4.35. The summed E-state index contributed by atoms with van der Waals surface area (Å²) in [6, 6.07) is 13.5. The Labute approximate surface area is 193 Å². The molecule has 0 aromatic heterocycles. The van der Waals surface area contributed by atoms with E-state index in [0.717, 1.165) is 27.1 Å². The molecular formula is C24H19N3O5S. The molecule has 1 N–H and O–H groups in total. The van der Waals surface area contributed by atoms with Gasteiger partial charge in [0.1, 0.15) is 0 Å². The van der Waals surface area contributed by atoms with Crippen LogP contribution in [0.3, 0.4) is 0 Å². The predicted octanol–water partition coefficient (Wildman–Crippen LogP) is 2.93. The van der Waals surface area contributed by atoms with Crippen LogP contribution in [0.5, 0.6) is 0 Å². The fraction of sp³-hybridized carbons (Fsp3) is 0.125. The lowest BCUT2D eigenvalue weighted by Gasteiger charge is -2.13. The highest BCUT2D eigenvalue weighted by molar-refractivity contribution is 8.18. The maximum absolute atomic E-state index is 12.6. The molecule has 0 radical (unpaired) electrons. The molecule has 0 spiro atoms. The first kappa shape index (κ1) is 22.2. The van der Waals surface area contributed by atoms with Crippen molar-refractivity contribution in [2.24, 2.45) is 0 Å². The number of carbonyl (C=O) groups is 5. The fourth-order valence-corrected chi connectivity index (χ4v) is 4.37. The normalized spacial score (nSPS) is 16.5. The Morgan fingerprint density at radius 2 is 1.67 bits per heavy atom. The standard InChI is InChI=1S/C24H19N3O5S/c1-2-11-26-21(29)17-9-8-16(14-18(17)22(26)30)20(28)25-10-12-27-23(31)19(33-24(27)32)13-15-6-4-3-5-7-15/h2-9,13-14H,1,10-12H2,(H,25,28). The van der Waals surface area contributed by atoms with Gasteiger partial charge in [0, 0.05) is 25.2 Å². The molecule has 166 valence electrons. The first-order chi connectivity index (χ1) is 15.9. The molecule has 0 saturated carbocycles. The van der Waals surface area contributed by atoms with Crippen molar-refractivity contribution in [2.75, 3.05) is 19.6 Å². The lowest BCUT2D eigenvalue weighted by atomic mass is 10.1. The number of nitrogens with one attached hydrogen (secondary N) is 1. The Hall–Kier alpha value is -3.98. The summed E-state index contributed by atoms with van der Waals surface area (Å²) in [4.78, 5) is 64.5. The van der Waals surface area contributed by atoms with Crippen LogP contribution in [0.2, 0.25) is 0 Å². The molecule has 0 aliphatic carbocycles. The molecule has 5 amide bonds. The Morgan fingerprint density at radius 1 is 0.939 bits per heavy atom. The molecule has 8 nitrogen and oxygen atoms in total. The first-order valence-corrected chi connectivity index (χ1v) is 10.9. The molecule has 1 saturated heterocycles. The predicted molar refractivity (Wildman–Crippen MR) is 123 cm³/mol. The van der Waals surface area contributed by atoms with Crippen LogP contribution in [0.25, 0.3) is 6.08 Å². The van der Waals surface area contributed by atoms with E-state index >= 15 is 0 Å². The van der Waals surface area contributed by atoms with Crippen molar-refractivity contribution in [1.29, 1.82) is 0 Å². The van der Waals surface area contributed by atoms with Gasteiger partial charge < -0.3 is 5.32 Å². The number of carbonyl (C=O) groups excluding carboxylic acids is 5. The Morgan fingerprint density at radius 3 is 2.39 bits per heavy atom. The molecule has 0 bridgehead atoms. The molecule has 33 heavy (non-hydrogen) atoms. The van der Waals surface area contributed by atoms with Gasteiger partial charge in [0.05, 0.1) is 16.0 Å². The summed E-state index contributed by atoms with van der Waals surface area (Å²) < 4.78 is 0. The molecule has 2 aromatic carbocycles. The number of hydrogen-bond donors (Lipinski definition) is 1. The zero-order chi connectivity index (χ0) is 23.5. The number of fused-ring (bicyclic) bond motifs is 1. The topological polar surface area (TPSA) is 104 Å². The second-order valence-electron chi connectivity index (χ2n) is 7.27. The second-order valence-corrected chi connectivity index (χ2v) is 8.26. The maximum Gasteiger partial charge on any atom is 0.293 e. The third-order valence-electron chi connectivity index (χ3n) is 5.14. The quantitative estimate of drug-likeness (QED) is 0.386. The highest BCUT2D eigenvalue weighted by Crippen LogP contribution is 2.31. The van der Waals surface area contributed by atoms with Gasteiger partial charge in [-0.05, 0) is 41.6 Å². The average Bonchev–Trinajstić information content (AvgIpc) is 3.22. The van der Waals surface area contributed by atoms with Gasteiger partial charge >= 0.3 is 0 Å². The maximum atomic E-state index is 12.6. The van der Waals surface area contributed by atoms with Crippen LogP contribution in [0.15, 0.2) is 66.1 Å². The van der Waals surface area contributed by atoms with E-state index < -0.39 is 28.9 Å². The average molecular weight is 461 g/mol. The summed E-state index contributed by atoms with van der Waals surface area (Å²) in [5.41, 5.74) is 1.41. The molecule has 4 rings (SSSR count). The largest absolute Gasteiger partial charge is 0.350 e. The van der Waals surface area contributed by atoms with Crippen molar-refractivity contribution < 1.29 is 24.0 Å². The minimum Gasteiger partial charge on any atom is -0.350 e. The number of benzene rings is 2. The van der Waals surface area contributed by atoms with Crippen LogP contribution in [0, 0.1) is 0 Å². The van der Waals surface area contributed by atoms with Crippen LogP contribution in [0.1, 0.15) is 36.6 Å². The van der Waals surface area contributed by atoms with E-state index in [-0.39, 0.29) is 36.3 Å². The zero-order valence-electron chi connectivity index (χ0n) is 17.4. The molecule has 0 atom stereocenters. The van der Waals surface area contributed by atoms with E-state index in [1.165, 1.54) is 24.3 Å². The van der Waals surface area contributed by atoms with E-state index in [2.05, 4.69) is 11.9 Å². The Bertz CT molecular complexity index is 1220. The molecule has 2 aliphatic rings. The number of nitrogens with zero attached hydrogens (tertiary/aromatic N) is 2. The highest BCUT2D eigenvalue weighted by Gasteiger charge is 2.36. The fourth-order valence-electron chi connectivity index (χ4n) is 3.50. The monoisotopic (exact) mass is 461 g/mol. The van der Waals surface area contributed by atoms with Gasteiger partial charge in [-0.25, -0.2) is 0 Å². The molecule has 2 aromatic rings. The summed E-state index contributed by atoms with van der Waals surface area (Å²) in [6.45, 7) is 3.68. The van der Waals surface area contributed by atoms with Gasteiger partial charge in [-0.15, -0.1) is 6.58 Å². The Balaban J connectivity index is 1.38. The van der Waals surface area contributed by atoms with Gasteiger partial charge in [0.15, 0.2) is 0 Å². The Kier molecular flexibility index (Phi) is 6.23. The van der Waals surface area contributed by atoms with Gasteiger partial charge in [0.25, 0.3) is 28.9 Å². The molecule has 0 unspecified atom stereocenters. The van der Waals surface area contributed by atoms with E-state index in [0.29, 0.717) is 4.91 Å². The van der Waals surface area contributed by atoms with Gasteiger partial charge in [-0.2, -0.15) is 0 Å². The van der Waals surface area contributed by atoms with Crippen molar-refractivity contribution in [3.8, 4) is 0 Å². The van der Waals surface area contributed by atoms with E-state index in [9.17, 15) is 24.0 Å². The van der Waals surface area contributed by atoms with Crippen LogP contribution in [0.4, 0.5) is 4.79 Å². The van der Waals surface area contributed by atoms with E-state index in [1.807, 2.05) is 30.3 Å². The number of thioether (sulfide) groups is 1. The zero-order valence-corrected chi connectivity index (χ0v) is 18.3. The summed E-state index contributed by atoms with van der Waals surface area (Å²) in [6.07, 6.45) is 3.11. The van der Waals surface area contributed by atoms with Crippen LogP contribution >= 0.6 is 11.8 Å². The van der Waals surface area contributed by atoms with Crippen molar-refractivity contribution in [3.05, 3.63) is 88.3 Å². The highest BCUT2D eigenvalue weighted by atomic mass is 32.2. The van der Waals surface area contributed by atoms with Crippen molar-refractivity contribution in [1.82, 2.24) is 15.1 Å². The van der Waals surface area contributed by atoms with E-state index in [4.69, 9.17) is 0 Å². The van der Waals surface area contributed by atoms with Crippen molar-refractivity contribution in [3.63, 3.8) is 0 Å². The van der Waals surface area contributed by atoms with Gasteiger partial charge in [-0.3, -0.25) is 33.8 Å². The SMILES string of the molecule is C=CCN1C(=O)c2ccc(C(=O)NCCN3C(=O)SC(=Cc4ccccc4)C3=O)cc2C1=O. The molecule has 2 heterocycles. The first-order valence-electron chi connectivity index (χ1n) is 10.1. The van der Waals surface area contributed by atoms with E-state index in [1.54, 1.807) is 6.08 Å². The van der Waals surface area contributed by atoms with Crippen LogP contribution < -0.4 is 5.32 Å². The minimum absolute atomic E-state index is 0.0119. The summed E-state index contributed by atoms with van der Waals surface area (Å²) in [7, 11) is 0. The molecule has 9 heteroatoms. The van der Waals surface area contributed by atoms with Crippen molar-refractivity contribution in [2.45, 2.75) is 0 Å². The van der Waals surface area contributed by atoms with Crippen LogP contribution in [-0.4, -0.2) is 58.3 Å². The number of imide groups is 2. The number of amides is 5. The lowest BCUT2D eigenvalue weighted by Crippen LogP contribution is -2.37. The molecule has 2 aliphatic heterocycles. The third-order valence-corrected chi connectivity index (χ3v) is 6.04. The number of hydrogen-bond acceptors (Lipinski definition) is 6. The molecule has 1 fully saturated rings. The van der Waals surface area contributed by atoms with Gasteiger partial charge in [0.2, 0.25) is 0 Å². The second kappa shape index (κ2) is 9.25. The summed E-state index contributed by atoms with van der Waals surface area (Å²) in [5, 5.41) is 2.24. The minimum atomic E-state index is -0.480. The van der Waals surface area contributed by atoms with Crippen LogP contribution in [-0.2, 0) is 4.79 Å². The summed E-state index contributed by atoms with van der Waals surface area (Å²) >= 11 is 0.855.